The topological polar surface area (TPSA) is 131 Å². The van der Waals surface area contributed by atoms with E-state index in [0.29, 0.717) is 6.42 Å². The van der Waals surface area contributed by atoms with E-state index in [1.54, 1.807) is 0 Å². The van der Waals surface area contributed by atoms with Gasteiger partial charge in [-0.25, -0.2) is 4.57 Å². The molecule has 0 saturated carbocycles. The third kappa shape index (κ3) is 43.2. The van der Waals surface area contributed by atoms with Crippen LogP contribution in [0.1, 0.15) is 206 Å². The van der Waals surface area contributed by atoms with E-state index in [4.69, 9.17) is 13.8 Å². The second kappa shape index (κ2) is 41.9. The molecule has 0 saturated heterocycles. The number of allylic oxidation sites excluding steroid dienone is 6. The molecule has 10 heteroatoms. The van der Waals surface area contributed by atoms with Crippen LogP contribution in [0.5, 0.6) is 0 Å². The maximum absolute atomic E-state index is 12.1. The lowest BCUT2D eigenvalue weighted by Crippen LogP contribution is -2.27. The molecule has 1 amide bonds. The Hall–Kier alpha value is -1.77. The van der Waals surface area contributed by atoms with Gasteiger partial charge in [0.2, 0.25) is 5.91 Å². The third-order valence-corrected chi connectivity index (χ3v) is 10.6. The van der Waals surface area contributed by atoms with Gasteiger partial charge < -0.3 is 20.1 Å². The maximum atomic E-state index is 12.1. The second-order valence-electron chi connectivity index (χ2n) is 15.0. The van der Waals surface area contributed by atoms with Crippen LogP contribution in [0.25, 0.3) is 0 Å². The van der Waals surface area contributed by atoms with Crippen molar-refractivity contribution in [2.75, 3.05) is 26.4 Å². The molecular weight excluding hydrogens is 713 g/mol. The van der Waals surface area contributed by atoms with Crippen molar-refractivity contribution in [2.24, 2.45) is 0 Å². The number of nitrogens with one attached hydrogen (secondary N) is 1. The number of rotatable bonds is 42. The number of carbonyl (C=O) groups is 2. The van der Waals surface area contributed by atoms with Gasteiger partial charge in [-0.2, -0.15) is 0 Å². The zero-order chi connectivity index (χ0) is 40.3. The number of ether oxygens (including phenoxy) is 1. The lowest BCUT2D eigenvalue weighted by atomic mass is 10.0. The number of carbonyl (C=O) groups excluding carboxylic acids is 2. The van der Waals surface area contributed by atoms with Gasteiger partial charge in [0.1, 0.15) is 12.7 Å². The van der Waals surface area contributed by atoms with Crippen LogP contribution in [-0.4, -0.2) is 54.3 Å². The van der Waals surface area contributed by atoms with Crippen molar-refractivity contribution in [3.63, 3.8) is 0 Å². The molecule has 2 atom stereocenters. The van der Waals surface area contributed by atoms with Gasteiger partial charge in [-0.15, -0.1) is 0 Å². The van der Waals surface area contributed by atoms with Crippen LogP contribution in [-0.2, 0) is 27.9 Å². The molecule has 9 nitrogen and oxygen atoms in total. The van der Waals surface area contributed by atoms with E-state index in [1.807, 2.05) is 0 Å². The highest BCUT2D eigenvalue weighted by atomic mass is 31.2. The molecule has 0 bridgehead atoms. The Morgan fingerprint density at radius 1 is 0.564 bits per heavy atom. The van der Waals surface area contributed by atoms with E-state index >= 15 is 0 Å². The molecule has 55 heavy (non-hydrogen) atoms. The van der Waals surface area contributed by atoms with Crippen LogP contribution in [0.2, 0.25) is 0 Å². The lowest BCUT2D eigenvalue weighted by Gasteiger charge is -2.15. The van der Waals surface area contributed by atoms with Gasteiger partial charge in [-0.05, 0) is 51.4 Å². The Balaban J connectivity index is 3.57. The molecule has 0 spiro atoms. The standard InChI is InChI=1S/C45H84NO8P/c1-3-5-7-9-11-13-15-16-17-18-19-20-21-22-23-24-25-26-28-29-31-33-35-37-44(48)46-39-40-53-55(50,51)54-42-43(47)41-52-45(49)38-36-34-32-30-27-14-12-10-8-6-4-2/h11,13,16-17,19-20,43,47H,3-10,12,14-15,18,21-42H2,1-2H3,(H,46,48)(H,50,51)/b13-11-,17-16-,20-19-. The van der Waals surface area contributed by atoms with Crippen LogP contribution < -0.4 is 5.32 Å². The minimum Gasteiger partial charge on any atom is -0.463 e. The van der Waals surface area contributed by atoms with Gasteiger partial charge in [-0.1, -0.05) is 179 Å². The van der Waals surface area contributed by atoms with E-state index in [1.165, 1.54) is 128 Å². The number of phosphoric acid groups is 1. The highest BCUT2D eigenvalue weighted by Crippen LogP contribution is 2.42. The summed E-state index contributed by atoms with van der Waals surface area (Å²) in [5.41, 5.74) is 0. The quantitative estimate of drug-likeness (QED) is 0.0241. The zero-order valence-corrected chi connectivity index (χ0v) is 36.3. The van der Waals surface area contributed by atoms with Crippen LogP contribution >= 0.6 is 7.82 Å². The van der Waals surface area contributed by atoms with Crippen molar-refractivity contribution in [3.8, 4) is 0 Å². The number of amides is 1. The van der Waals surface area contributed by atoms with Crippen molar-refractivity contribution in [1.82, 2.24) is 5.32 Å². The summed E-state index contributed by atoms with van der Waals surface area (Å²) in [6.45, 7) is 3.52. The van der Waals surface area contributed by atoms with Crippen molar-refractivity contribution < 1.29 is 37.9 Å². The number of aliphatic hydroxyl groups excluding tert-OH is 1. The second-order valence-corrected chi connectivity index (χ2v) is 16.5. The van der Waals surface area contributed by atoms with E-state index in [-0.39, 0.29) is 32.1 Å². The summed E-state index contributed by atoms with van der Waals surface area (Å²) < 4.78 is 26.8. The van der Waals surface area contributed by atoms with Gasteiger partial charge in [-0.3, -0.25) is 18.6 Å². The zero-order valence-electron chi connectivity index (χ0n) is 35.4. The van der Waals surface area contributed by atoms with E-state index in [2.05, 4.69) is 55.6 Å². The Morgan fingerprint density at radius 3 is 1.51 bits per heavy atom. The number of hydrogen-bond donors (Lipinski definition) is 3. The van der Waals surface area contributed by atoms with Crippen LogP contribution in [0, 0.1) is 0 Å². The Labute approximate surface area is 337 Å². The monoisotopic (exact) mass is 798 g/mol. The Morgan fingerprint density at radius 2 is 0.982 bits per heavy atom. The van der Waals surface area contributed by atoms with Gasteiger partial charge in [0.05, 0.1) is 13.2 Å². The first-order valence-electron chi connectivity index (χ1n) is 22.5. The molecule has 0 aromatic carbocycles. The summed E-state index contributed by atoms with van der Waals surface area (Å²) in [4.78, 5) is 33.9. The van der Waals surface area contributed by atoms with Crippen LogP contribution in [0.4, 0.5) is 0 Å². The molecule has 0 rings (SSSR count). The van der Waals surface area contributed by atoms with Gasteiger partial charge in [0, 0.05) is 19.4 Å². The van der Waals surface area contributed by atoms with Crippen molar-refractivity contribution in [1.29, 1.82) is 0 Å². The minimum absolute atomic E-state index is 0.0803. The molecule has 0 aromatic heterocycles. The van der Waals surface area contributed by atoms with Crippen molar-refractivity contribution in [3.05, 3.63) is 36.5 Å². The smallest absolute Gasteiger partial charge is 0.463 e. The van der Waals surface area contributed by atoms with E-state index in [9.17, 15) is 24.2 Å². The number of aliphatic hydroxyl groups is 1. The SMILES string of the molecule is CCCCC/C=C\C/C=C\C/C=C\CCCCCCCCCCCCC(=O)NCCOP(=O)(O)OCC(O)COC(=O)CCCCCCCCCCCCC. The highest BCUT2D eigenvalue weighted by Gasteiger charge is 2.23. The Kier molecular flexibility index (Phi) is 40.5. The third-order valence-electron chi connectivity index (χ3n) is 9.57. The largest absolute Gasteiger partial charge is 0.472 e. The molecule has 0 heterocycles. The molecular formula is C45H84NO8P. The average molecular weight is 798 g/mol. The first-order valence-corrected chi connectivity index (χ1v) is 24.0. The summed E-state index contributed by atoms with van der Waals surface area (Å²) in [6, 6.07) is 0. The molecule has 0 fully saturated rings. The molecule has 0 aliphatic rings. The van der Waals surface area contributed by atoms with Gasteiger partial charge in [0.25, 0.3) is 0 Å². The number of hydrogen-bond acceptors (Lipinski definition) is 7. The molecule has 0 aliphatic heterocycles. The highest BCUT2D eigenvalue weighted by molar-refractivity contribution is 7.47. The van der Waals surface area contributed by atoms with Crippen molar-refractivity contribution >= 4 is 19.7 Å². The van der Waals surface area contributed by atoms with Crippen molar-refractivity contribution in [2.45, 2.75) is 213 Å². The Bertz CT molecular complexity index is 1000. The fraction of sp³-hybridized carbons (Fsp3) is 0.822. The lowest BCUT2D eigenvalue weighted by molar-refractivity contribution is -0.147. The van der Waals surface area contributed by atoms with Crippen LogP contribution in [0.15, 0.2) is 36.5 Å². The van der Waals surface area contributed by atoms with Gasteiger partial charge in [0.15, 0.2) is 0 Å². The first-order chi connectivity index (χ1) is 26.8. The van der Waals surface area contributed by atoms with Crippen LogP contribution in [0.3, 0.4) is 0 Å². The molecule has 0 aromatic rings. The molecule has 322 valence electrons. The number of esters is 1. The molecule has 0 aliphatic carbocycles. The fourth-order valence-electron chi connectivity index (χ4n) is 6.15. The first kappa shape index (κ1) is 53.2. The fourth-order valence-corrected chi connectivity index (χ4v) is 6.91. The normalized spacial score (nSPS) is 13.6. The number of phosphoric ester groups is 1. The predicted molar refractivity (Wildman–Crippen MR) is 229 cm³/mol. The van der Waals surface area contributed by atoms with E-state index in [0.717, 1.165) is 51.4 Å². The average Bonchev–Trinajstić information content (AvgIpc) is 3.17. The number of unbranched alkanes of at least 4 members (excludes halogenated alkanes) is 23. The summed E-state index contributed by atoms with van der Waals surface area (Å²) in [6.07, 6.45) is 46.5. The summed E-state index contributed by atoms with van der Waals surface area (Å²) in [5.74, 6) is -0.518. The van der Waals surface area contributed by atoms with Gasteiger partial charge >= 0.3 is 13.8 Å². The predicted octanol–water partition coefficient (Wildman–Crippen LogP) is 12.6. The summed E-state index contributed by atoms with van der Waals surface area (Å²) in [7, 11) is -4.41. The summed E-state index contributed by atoms with van der Waals surface area (Å²) >= 11 is 0. The minimum atomic E-state index is -4.41. The molecule has 2 unspecified atom stereocenters. The summed E-state index contributed by atoms with van der Waals surface area (Å²) in [5, 5.41) is 12.7. The van der Waals surface area contributed by atoms with E-state index < -0.39 is 26.5 Å². The maximum Gasteiger partial charge on any atom is 0.472 e. The molecule has 3 N–H and O–H groups in total. The molecule has 0 radical (unpaired) electrons.